The Morgan fingerprint density at radius 3 is 0.350 bits per heavy atom. The molecule has 8 amide bonds. The second-order valence-corrected chi connectivity index (χ2v) is 35.3. The van der Waals surface area contributed by atoms with Crippen LogP contribution in [-0.4, -0.2) is 669 Å². The molecule has 5 aliphatic heterocycles. The number of rotatable bonds is 40. The number of nitrogens with zero attached hydrogens (tertiary/aromatic N) is 20. The van der Waals surface area contributed by atoms with Gasteiger partial charge in [0.2, 0.25) is 47.3 Å². The van der Waals surface area contributed by atoms with Crippen LogP contribution < -0.4 is 21.3 Å². The Labute approximate surface area is 810 Å². The van der Waals surface area contributed by atoms with E-state index < -0.39 is 300 Å². The minimum atomic E-state index is -1.21. The van der Waals surface area contributed by atoms with E-state index in [-0.39, 0.29) is 209 Å². The van der Waals surface area contributed by atoms with Crippen molar-refractivity contribution in [2.45, 2.75) is 51.9 Å². The largest absolute Gasteiger partial charge is 0.480 e. The highest BCUT2D eigenvalue weighted by Crippen LogP contribution is 2.14. The normalized spacial score (nSPS) is 20.3. The zero-order valence-corrected chi connectivity index (χ0v) is 80.4. The molecule has 0 aromatic heterocycles. The predicted octanol–water partition coefficient (Wildman–Crippen LogP) is -12.8. The number of hydrogen-bond acceptors (Lipinski definition) is 36. The fourth-order valence-electron chi connectivity index (χ4n) is 16.7. The number of carbonyl (C=O) groups is 20. The Morgan fingerprint density at radius 2 is 0.257 bits per heavy atom. The van der Waals surface area contributed by atoms with E-state index in [0.29, 0.717) is 0 Å². The molecule has 0 saturated carbocycles. The van der Waals surface area contributed by atoms with Crippen molar-refractivity contribution in [2.24, 2.45) is 0 Å². The highest BCUT2D eigenvalue weighted by atomic mass is 16.4. The van der Waals surface area contributed by atoms with Gasteiger partial charge in [-0.25, -0.2) is 0 Å². The summed E-state index contributed by atoms with van der Waals surface area (Å²) in [6.45, 7) is -5.10. The number of amides is 8. The summed E-state index contributed by atoms with van der Waals surface area (Å²) in [6, 6.07) is -4.51. The van der Waals surface area contributed by atoms with Crippen LogP contribution in [0.3, 0.4) is 0 Å². The fourth-order valence-corrected chi connectivity index (χ4v) is 16.7. The van der Waals surface area contributed by atoms with Crippen LogP contribution in [0.5, 0.6) is 0 Å². The summed E-state index contributed by atoms with van der Waals surface area (Å²) in [5.41, 5.74) is 0. The summed E-state index contributed by atoms with van der Waals surface area (Å²) >= 11 is 0. The zero-order chi connectivity index (χ0) is 104. The molecule has 0 radical (unpaired) electrons. The summed E-state index contributed by atoms with van der Waals surface area (Å²) in [7, 11) is 0. The molecular weight excluding hydrogens is 1860 g/mol. The van der Waals surface area contributed by atoms with Gasteiger partial charge < -0.3 is 102 Å². The second-order valence-electron chi connectivity index (χ2n) is 35.3. The molecule has 5 heterocycles. The maximum Gasteiger partial charge on any atom is 0.317 e. The molecule has 5 rings (SSSR count). The molecule has 56 heteroatoms. The monoisotopic (exact) mass is 2000 g/mol. The molecule has 0 bridgehead atoms. The van der Waals surface area contributed by atoms with Crippen LogP contribution in [-0.2, 0) is 95.9 Å². The topological polar surface area (TPSA) is 697 Å². The molecule has 0 aromatic rings. The lowest BCUT2D eigenvalue weighted by molar-refractivity contribution is -0.141. The molecule has 4 unspecified atom stereocenters. The Morgan fingerprint density at radius 1 is 0.164 bits per heavy atom. The van der Waals surface area contributed by atoms with E-state index in [0.717, 1.165) is 0 Å². The molecule has 0 spiro atoms. The zero-order valence-electron chi connectivity index (χ0n) is 80.4. The van der Waals surface area contributed by atoms with E-state index in [4.69, 9.17) is 0 Å². The third kappa shape index (κ3) is 47.8. The van der Waals surface area contributed by atoms with Crippen LogP contribution in [0.15, 0.2) is 0 Å². The minimum absolute atomic E-state index is 0.00572. The second kappa shape index (κ2) is 62.8. The summed E-state index contributed by atoms with van der Waals surface area (Å²) in [6.07, 6.45) is 0. The fraction of sp³-hybridized carbons (Fsp3) is 0.762. The quantitative estimate of drug-likeness (QED) is 0.0271. The number of nitrogens with one attached hydrogen (secondary N) is 4. The van der Waals surface area contributed by atoms with Gasteiger partial charge in [-0.05, 0) is 27.7 Å². The minimum Gasteiger partial charge on any atom is -0.480 e. The van der Waals surface area contributed by atoms with Gasteiger partial charge in [0.25, 0.3) is 0 Å². The van der Waals surface area contributed by atoms with E-state index in [1.54, 1.807) is 78.4 Å². The average Bonchev–Trinajstić information content (AvgIpc) is 0.850. The Kier molecular flexibility index (Phi) is 53.5. The first-order chi connectivity index (χ1) is 66.2. The highest BCUT2D eigenvalue weighted by molar-refractivity contribution is 5.91. The van der Waals surface area contributed by atoms with Gasteiger partial charge in [0.15, 0.2) is 0 Å². The van der Waals surface area contributed by atoms with Crippen LogP contribution in [0.25, 0.3) is 0 Å². The number of hydrogen-bond donors (Lipinski definition) is 16. The maximum absolute atomic E-state index is 15.2. The SMILES string of the molecule is CC(C(=O)NCC(=O)N1CCN(C(=O)CNC(=O)C(C)N2CCN(CC(=O)O)CCN(CC(=O)O)CCN(CC(=O)O)CC2)CCN(C(=O)CNC(=O)C(C)N2CCN(CC(=O)O)CCN(CC(=O)O)CCN(CC(=O)O)CC2)CCN(C(=O)CNC(=O)C(C)N2CCN(CC(=O)O)CCN(CC(=O)O)CCN(CC(=O)O)CC2)CC1)N1CCN(CC(=O)O)CCN(CC(=O)O)CCN(CC(=O)O)CC1. The Balaban J connectivity index is 1.58. The van der Waals surface area contributed by atoms with E-state index >= 15 is 19.2 Å². The first-order valence-electron chi connectivity index (χ1n) is 46.7. The lowest BCUT2D eigenvalue weighted by atomic mass is 10.2. The maximum atomic E-state index is 15.2. The number of carbonyl (C=O) groups excluding carboxylic acids is 8. The van der Waals surface area contributed by atoms with Crippen LogP contribution in [0.2, 0.25) is 0 Å². The average molecular weight is 2000 g/mol. The van der Waals surface area contributed by atoms with Gasteiger partial charge in [-0.2, -0.15) is 0 Å². The molecule has 5 saturated heterocycles. The lowest BCUT2D eigenvalue weighted by Crippen LogP contribution is -2.56. The first-order valence-corrected chi connectivity index (χ1v) is 46.7. The van der Waals surface area contributed by atoms with Gasteiger partial charge in [0.1, 0.15) is 0 Å². The number of carboxylic acid groups (broad SMARTS) is 12. The van der Waals surface area contributed by atoms with Crippen molar-refractivity contribution in [1.82, 2.24) is 119 Å². The third-order valence-corrected chi connectivity index (χ3v) is 25.1. The molecule has 5 fully saturated rings. The van der Waals surface area contributed by atoms with Gasteiger partial charge in [-0.15, -0.1) is 0 Å². The van der Waals surface area contributed by atoms with Crippen LogP contribution >= 0.6 is 0 Å². The molecule has 0 aliphatic carbocycles. The van der Waals surface area contributed by atoms with Crippen molar-refractivity contribution >= 4 is 119 Å². The Bertz CT molecular complexity index is 3480. The molecule has 792 valence electrons. The van der Waals surface area contributed by atoms with Gasteiger partial charge >= 0.3 is 71.6 Å². The van der Waals surface area contributed by atoms with Gasteiger partial charge in [0.05, 0.1) is 129 Å². The molecule has 5 aliphatic rings. The van der Waals surface area contributed by atoms with Crippen LogP contribution in [0, 0.1) is 0 Å². The summed E-state index contributed by atoms with van der Waals surface area (Å²) in [5, 5.41) is 129. The van der Waals surface area contributed by atoms with Crippen molar-refractivity contribution in [1.29, 1.82) is 0 Å². The van der Waals surface area contributed by atoms with Crippen molar-refractivity contribution in [2.75, 3.05) is 367 Å². The third-order valence-electron chi connectivity index (χ3n) is 25.1. The lowest BCUT2D eigenvalue weighted by Gasteiger charge is -2.36. The first kappa shape index (κ1) is 119. The van der Waals surface area contributed by atoms with E-state index in [2.05, 4.69) is 21.3 Å². The van der Waals surface area contributed by atoms with Crippen molar-refractivity contribution < 1.29 is 157 Å². The van der Waals surface area contributed by atoms with E-state index in [1.165, 1.54) is 47.3 Å². The van der Waals surface area contributed by atoms with Crippen molar-refractivity contribution in [3.63, 3.8) is 0 Å². The molecule has 0 aromatic carbocycles. The standard InChI is InChI=1S/C84H144N24O32/c1-61(101-29-21-93(53-73(121)122)13-5-89(49-69(113)114)6-14-94(22-30-101)54-74(123)124)81(137)85-45-65(109)105-37-39-106(66(110)46-86-82(138)62(2)102-31-23-95(55-75(125)126)15-7-90(50-70(115)116)8-16-96(24-32-102)56-76(127)128)41-43-108(68(112)48-88-84(140)64(4)104-35-27-99(59-79(133)134)19-11-92(52-72(119)120)12-20-100(28-36-104)60-80(135)136)44-42-107(40-38-105)67(111)47-87-83(139)63(3)103-33-25-97(57-77(129)130)17-9-91(51-71(117)118)10-18-98(26-34-103)58-78(131)132/h61-64H,5-60H2,1-4H3,(H,85,137)(H,86,138)(H,87,139)(H,88,140)(H,113,114)(H,115,116)(H,117,118)(H,119,120)(H,121,122)(H,123,124)(H,125,126)(H,127,128)(H,129,130)(H,131,132)(H,133,134)(H,135,136). The van der Waals surface area contributed by atoms with Gasteiger partial charge in [0, 0.05) is 262 Å². The number of carboxylic acids is 12. The van der Waals surface area contributed by atoms with Crippen LogP contribution in [0.1, 0.15) is 27.7 Å². The van der Waals surface area contributed by atoms with Crippen molar-refractivity contribution in [3.8, 4) is 0 Å². The van der Waals surface area contributed by atoms with Crippen LogP contribution in [0.4, 0.5) is 0 Å². The Hall–Kier alpha value is -11.2. The van der Waals surface area contributed by atoms with Gasteiger partial charge in [-0.1, -0.05) is 0 Å². The van der Waals surface area contributed by atoms with Crippen molar-refractivity contribution in [3.05, 3.63) is 0 Å². The summed E-state index contributed by atoms with van der Waals surface area (Å²) < 4.78 is 0. The molecule has 140 heavy (non-hydrogen) atoms. The smallest absolute Gasteiger partial charge is 0.317 e. The van der Waals surface area contributed by atoms with Gasteiger partial charge in [-0.3, -0.25) is 174 Å². The molecular formula is C84H144N24O32. The summed E-state index contributed by atoms with van der Waals surface area (Å²) in [4.78, 5) is 294. The predicted molar refractivity (Wildman–Crippen MR) is 491 cm³/mol. The summed E-state index contributed by atoms with van der Waals surface area (Å²) in [5.74, 6) is -20.6. The highest BCUT2D eigenvalue weighted by Gasteiger charge is 2.36. The van der Waals surface area contributed by atoms with E-state index in [9.17, 15) is 138 Å². The van der Waals surface area contributed by atoms with E-state index in [1.807, 2.05) is 0 Å². The molecule has 4 atom stereocenters. The molecule has 56 nitrogen and oxygen atoms in total. The number of aliphatic carboxylic acids is 12. The molecule has 16 N–H and O–H groups in total.